The third kappa shape index (κ3) is 5.19. The van der Waals surface area contributed by atoms with E-state index >= 15 is 0 Å². The smallest absolute Gasteiger partial charge is 0.276 e. The van der Waals surface area contributed by atoms with Crippen LogP contribution in [0.25, 0.3) is 11.5 Å². The topological polar surface area (TPSA) is 66.6 Å². The maximum atomic E-state index is 5.80. The summed E-state index contributed by atoms with van der Waals surface area (Å²) in [6, 6.07) is 11.6. The molecule has 0 N–H and O–H groups in total. The summed E-state index contributed by atoms with van der Waals surface area (Å²) >= 11 is 1.51. The minimum absolute atomic E-state index is 0.436. The van der Waals surface area contributed by atoms with E-state index in [-0.39, 0.29) is 0 Å². The zero-order valence-corrected chi connectivity index (χ0v) is 17.3. The fourth-order valence-electron chi connectivity index (χ4n) is 2.53. The van der Waals surface area contributed by atoms with Crippen LogP contribution in [0.15, 0.2) is 46.0 Å². The van der Waals surface area contributed by atoms with Gasteiger partial charge in [0.05, 0.1) is 20.8 Å². The molecule has 0 unspecified atom stereocenters. The predicted octanol–water partition coefficient (Wildman–Crippen LogP) is 4.93. The Bertz CT molecular complexity index is 904. The molecular formula is C21H24N2O4S. The number of thioether (sulfide) groups is 1. The van der Waals surface area contributed by atoms with Crippen LogP contribution in [0.3, 0.4) is 0 Å². The lowest BCUT2D eigenvalue weighted by Gasteiger charge is -2.07. The van der Waals surface area contributed by atoms with Gasteiger partial charge in [0, 0.05) is 17.4 Å². The van der Waals surface area contributed by atoms with Crippen LogP contribution in [-0.2, 0) is 0 Å². The molecule has 0 saturated heterocycles. The summed E-state index contributed by atoms with van der Waals surface area (Å²) < 4.78 is 22.1. The van der Waals surface area contributed by atoms with E-state index in [0.717, 1.165) is 23.5 Å². The van der Waals surface area contributed by atoms with Gasteiger partial charge in [-0.15, -0.1) is 10.2 Å². The van der Waals surface area contributed by atoms with Crippen molar-refractivity contribution in [2.45, 2.75) is 25.5 Å². The van der Waals surface area contributed by atoms with E-state index in [9.17, 15) is 0 Å². The molecule has 1 heterocycles. The first-order chi connectivity index (χ1) is 13.6. The SMILES string of the molecule is COc1cc(OC)cc(-c2nnc(SCCCOc3ccc(C)c(C)c3)o2)c1. The third-order valence-corrected chi connectivity index (χ3v) is 5.17. The van der Waals surface area contributed by atoms with Crippen molar-refractivity contribution in [3.8, 4) is 28.7 Å². The van der Waals surface area contributed by atoms with Gasteiger partial charge in [-0.3, -0.25) is 0 Å². The molecule has 0 aliphatic heterocycles. The number of rotatable bonds is 9. The Kier molecular flexibility index (Phi) is 6.81. The van der Waals surface area contributed by atoms with Crippen LogP contribution < -0.4 is 14.2 Å². The van der Waals surface area contributed by atoms with Crippen LogP contribution in [0.1, 0.15) is 17.5 Å². The number of hydrogen-bond donors (Lipinski definition) is 0. The third-order valence-electron chi connectivity index (χ3n) is 4.27. The molecule has 1 aromatic heterocycles. The van der Waals surface area contributed by atoms with E-state index in [2.05, 4.69) is 36.2 Å². The Morgan fingerprint density at radius 3 is 2.32 bits per heavy atom. The molecule has 0 atom stereocenters. The monoisotopic (exact) mass is 400 g/mol. The van der Waals surface area contributed by atoms with E-state index in [0.29, 0.717) is 29.2 Å². The Hall–Kier alpha value is -2.67. The molecule has 0 amide bonds. The highest BCUT2D eigenvalue weighted by atomic mass is 32.2. The van der Waals surface area contributed by atoms with Gasteiger partial charge in [0.15, 0.2) is 0 Å². The first-order valence-electron chi connectivity index (χ1n) is 8.99. The summed E-state index contributed by atoms with van der Waals surface area (Å²) in [5, 5.41) is 8.76. The van der Waals surface area contributed by atoms with Crippen molar-refractivity contribution in [3.63, 3.8) is 0 Å². The molecule has 0 aliphatic rings. The van der Waals surface area contributed by atoms with Gasteiger partial charge < -0.3 is 18.6 Å². The van der Waals surface area contributed by atoms with Crippen molar-refractivity contribution in [1.82, 2.24) is 10.2 Å². The van der Waals surface area contributed by atoms with E-state index < -0.39 is 0 Å². The lowest BCUT2D eigenvalue weighted by Crippen LogP contribution is -1.99. The van der Waals surface area contributed by atoms with Crippen LogP contribution in [0.2, 0.25) is 0 Å². The lowest BCUT2D eigenvalue weighted by molar-refractivity contribution is 0.318. The van der Waals surface area contributed by atoms with Crippen molar-refractivity contribution in [3.05, 3.63) is 47.5 Å². The second kappa shape index (κ2) is 9.50. The molecule has 28 heavy (non-hydrogen) atoms. The highest BCUT2D eigenvalue weighted by Crippen LogP contribution is 2.30. The first kappa shape index (κ1) is 20.1. The van der Waals surface area contributed by atoms with E-state index in [4.69, 9.17) is 18.6 Å². The zero-order chi connectivity index (χ0) is 19.9. The van der Waals surface area contributed by atoms with Gasteiger partial charge in [0.1, 0.15) is 17.2 Å². The number of ether oxygens (including phenoxy) is 3. The maximum absolute atomic E-state index is 5.80. The van der Waals surface area contributed by atoms with Crippen LogP contribution in [0, 0.1) is 13.8 Å². The molecule has 7 heteroatoms. The van der Waals surface area contributed by atoms with Gasteiger partial charge in [-0.25, -0.2) is 0 Å². The second-order valence-electron chi connectivity index (χ2n) is 6.27. The van der Waals surface area contributed by atoms with Gasteiger partial charge in [-0.1, -0.05) is 17.8 Å². The highest BCUT2D eigenvalue weighted by molar-refractivity contribution is 7.99. The molecule has 148 valence electrons. The summed E-state index contributed by atoms with van der Waals surface area (Å²) in [4.78, 5) is 0. The summed E-state index contributed by atoms with van der Waals surface area (Å²) in [6.45, 7) is 4.82. The zero-order valence-electron chi connectivity index (χ0n) is 16.5. The number of nitrogens with zero attached hydrogens (tertiary/aromatic N) is 2. The maximum Gasteiger partial charge on any atom is 0.276 e. The average Bonchev–Trinajstić information content (AvgIpc) is 3.19. The Morgan fingerprint density at radius 1 is 0.893 bits per heavy atom. The lowest BCUT2D eigenvalue weighted by atomic mass is 10.1. The fourth-order valence-corrected chi connectivity index (χ4v) is 3.20. The molecule has 0 aliphatic carbocycles. The van der Waals surface area contributed by atoms with Crippen LogP contribution in [-0.4, -0.2) is 36.8 Å². The van der Waals surface area contributed by atoms with E-state index in [1.807, 2.05) is 18.2 Å². The molecule has 0 bridgehead atoms. The van der Waals surface area contributed by atoms with Crippen LogP contribution in [0.5, 0.6) is 17.2 Å². The number of aromatic nitrogens is 2. The van der Waals surface area contributed by atoms with Gasteiger partial charge in [0.25, 0.3) is 5.22 Å². The molecule has 3 aromatic rings. The van der Waals surface area contributed by atoms with Crippen molar-refractivity contribution in [2.75, 3.05) is 26.6 Å². The summed E-state index contributed by atoms with van der Waals surface area (Å²) in [5.74, 6) is 3.51. The Balaban J connectivity index is 1.50. The molecule has 0 saturated carbocycles. The second-order valence-corrected chi connectivity index (χ2v) is 7.32. The Morgan fingerprint density at radius 2 is 1.64 bits per heavy atom. The number of hydrogen-bond acceptors (Lipinski definition) is 7. The largest absolute Gasteiger partial charge is 0.497 e. The minimum atomic E-state index is 0.436. The highest BCUT2D eigenvalue weighted by Gasteiger charge is 2.12. The fraction of sp³-hybridized carbons (Fsp3) is 0.333. The van der Waals surface area contributed by atoms with Crippen molar-refractivity contribution >= 4 is 11.8 Å². The molecule has 0 spiro atoms. The molecule has 0 fully saturated rings. The Labute approximate surface area is 169 Å². The standard InChI is InChI=1S/C21H24N2O4S/c1-14-6-7-17(10-15(14)2)26-8-5-9-28-21-23-22-20(27-21)16-11-18(24-3)13-19(12-16)25-4/h6-7,10-13H,5,8-9H2,1-4H3. The van der Waals surface area contributed by atoms with Gasteiger partial charge >= 0.3 is 0 Å². The first-order valence-corrected chi connectivity index (χ1v) is 9.97. The summed E-state index contributed by atoms with van der Waals surface area (Å²) in [6.07, 6.45) is 0.877. The molecular weight excluding hydrogens is 376 g/mol. The molecule has 0 radical (unpaired) electrons. The normalized spacial score (nSPS) is 10.7. The average molecular weight is 401 g/mol. The van der Waals surface area contributed by atoms with Gasteiger partial charge in [0.2, 0.25) is 5.89 Å². The van der Waals surface area contributed by atoms with Gasteiger partial charge in [-0.2, -0.15) is 0 Å². The number of benzene rings is 2. The number of aryl methyl sites for hydroxylation is 2. The molecule has 6 nitrogen and oxygen atoms in total. The summed E-state index contributed by atoms with van der Waals surface area (Å²) in [7, 11) is 3.21. The van der Waals surface area contributed by atoms with Crippen LogP contribution >= 0.6 is 11.8 Å². The van der Waals surface area contributed by atoms with Gasteiger partial charge in [-0.05, 0) is 55.7 Å². The van der Waals surface area contributed by atoms with Crippen molar-refractivity contribution in [2.24, 2.45) is 0 Å². The van der Waals surface area contributed by atoms with E-state index in [1.54, 1.807) is 20.3 Å². The molecule has 3 rings (SSSR count). The minimum Gasteiger partial charge on any atom is -0.497 e. The molecule has 2 aromatic carbocycles. The quantitative estimate of drug-likeness (QED) is 0.372. The summed E-state index contributed by atoms with van der Waals surface area (Å²) in [5.41, 5.74) is 3.26. The van der Waals surface area contributed by atoms with Crippen molar-refractivity contribution < 1.29 is 18.6 Å². The van der Waals surface area contributed by atoms with E-state index in [1.165, 1.54) is 22.9 Å². The van der Waals surface area contributed by atoms with Crippen molar-refractivity contribution in [1.29, 1.82) is 0 Å². The predicted molar refractivity (Wildman–Crippen MR) is 110 cm³/mol. The van der Waals surface area contributed by atoms with Crippen LogP contribution in [0.4, 0.5) is 0 Å². The number of methoxy groups -OCH3 is 2.